The van der Waals surface area contributed by atoms with Gasteiger partial charge >= 0.3 is 5.97 Å². The summed E-state index contributed by atoms with van der Waals surface area (Å²) in [5, 5.41) is 10.6. The van der Waals surface area contributed by atoms with Crippen molar-refractivity contribution < 1.29 is 14.5 Å². The zero-order chi connectivity index (χ0) is 15.4. The molecule has 0 saturated heterocycles. The number of rotatable bonds is 4. The van der Waals surface area contributed by atoms with Gasteiger partial charge in [0.05, 0.1) is 10.5 Å². The number of nitro groups is 1. The lowest BCUT2D eigenvalue weighted by atomic mass is 10.1. The SMILES string of the molecule is Cc1ccc([C@@H](C)OC(=O)c2ccc([N+](=O)[O-])cc2)cc1. The van der Waals surface area contributed by atoms with Gasteiger partial charge < -0.3 is 4.74 Å². The molecular weight excluding hydrogens is 270 g/mol. The molecule has 5 nitrogen and oxygen atoms in total. The van der Waals surface area contributed by atoms with Crippen molar-refractivity contribution in [2.24, 2.45) is 0 Å². The van der Waals surface area contributed by atoms with Gasteiger partial charge in [0, 0.05) is 12.1 Å². The molecule has 5 heteroatoms. The first kappa shape index (κ1) is 14.7. The second kappa shape index (κ2) is 6.17. The molecule has 0 radical (unpaired) electrons. The number of non-ortho nitro benzene ring substituents is 1. The third kappa shape index (κ3) is 3.66. The van der Waals surface area contributed by atoms with Crippen molar-refractivity contribution in [2.45, 2.75) is 20.0 Å². The standard InChI is InChI=1S/C16H15NO4/c1-11-3-5-13(6-4-11)12(2)21-16(18)14-7-9-15(10-8-14)17(19)20/h3-10,12H,1-2H3/t12-/m1/s1. The Morgan fingerprint density at radius 2 is 1.67 bits per heavy atom. The maximum Gasteiger partial charge on any atom is 0.338 e. The molecule has 108 valence electrons. The number of hydrogen-bond acceptors (Lipinski definition) is 4. The summed E-state index contributed by atoms with van der Waals surface area (Å²) in [4.78, 5) is 22.0. The van der Waals surface area contributed by atoms with Crippen LogP contribution in [0.4, 0.5) is 5.69 Å². The monoisotopic (exact) mass is 285 g/mol. The van der Waals surface area contributed by atoms with E-state index in [-0.39, 0.29) is 11.8 Å². The summed E-state index contributed by atoms with van der Waals surface area (Å²) in [7, 11) is 0. The van der Waals surface area contributed by atoms with E-state index in [1.165, 1.54) is 24.3 Å². The average Bonchev–Trinajstić information content (AvgIpc) is 2.47. The molecule has 0 aliphatic carbocycles. The van der Waals surface area contributed by atoms with E-state index >= 15 is 0 Å². The Hall–Kier alpha value is -2.69. The van der Waals surface area contributed by atoms with Gasteiger partial charge in [0.1, 0.15) is 6.10 Å². The second-order valence-electron chi connectivity index (χ2n) is 4.76. The van der Waals surface area contributed by atoms with Crippen LogP contribution in [0.1, 0.15) is 34.5 Å². The normalized spacial score (nSPS) is 11.7. The average molecular weight is 285 g/mol. The Bertz CT molecular complexity index is 647. The van der Waals surface area contributed by atoms with E-state index < -0.39 is 10.9 Å². The molecule has 0 heterocycles. The van der Waals surface area contributed by atoms with Gasteiger partial charge in [-0.15, -0.1) is 0 Å². The zero-order valence-electron chi connectivity index (χ0n) is 11.8. The number of carbonyl (C=O) groups is 1. The molecule has 0 spiro atoms. The molecule has 0 amide bonds. The van der Waals surface area contributed by atoms with Crippen LogP contribution in [0.2, 0.25) is 0 Å². The third-order valence-corrected chi connectivity index (χ3v) is 3.14. The summed E-state index contributed by atoms with van der Waals surface area (Å²) in [5.41, 5.74) is 2.27. The highest BCUT2D eigenvalue weighted by Gasteiger charge is 2.15. The number of esters is 1. The molecule has 0 saturated carbocycles. The number of hydrogen-bond donors (Lipinski definition) is 0. The highest BCUT2D eigenvalue weighted by Crippen LogP contribution is 2.20. The molecule has 0 N–H and O–H groups in total. The Labute approximate surface area is 122 Å². The van der Waals surface area contributed by atoms with Crippen LogP contribution in [0.15, 0.2) is 48.5 Å². The summed E-state index contributed by atoms with van der Waals surface area (Å²) < 4.78 is 5.35. The molecule has 2 aromatic rings. The first-order valence-electron chi connectivity index (χ1n) is 6.49. The Morgan fingerprint density at radius 1 is 1.10 bits per heavy atom. The Kier molecular flexibility index (Phi) is 4.33. The Balaban J connectivity index is 2.06. The van der Waals surface area contributed by atoms with Crippen LogP contribution in [0.3, 0.4) is 0 Å². The molecule has 2 rings (SSSR count). The fourth-order valence-electron chi connectivity index (χ4n) is 1.85. The number of benzene rings is 2. The van der Waals surface area contributed by atoms with Crippen LogP contribution in [0, 0.1) is 17.0 Å². The van der Waals surface area contributed by atoms with Crippen LogP contribution in [0.5, 0.6) is 0 Å². The lowest BCUT2D eigenvalue weighted by Gasteiger charge is -2.13. The zero-order valence-corrected chi connectivity index (χ0v) is 11.8. The summed E-state index contributed by atoms with van der Waals surface area (Å²) >= 11 is 0. The van der Waals surface area contributed by atoms with Gasteiger partial charge in [-0.05, 0) is 31.5 Å². The fourth-order valence-corrected chi connectivity index (χ4v) is 1.85. The highest BCUT2D eigenvalue weighted by molar-refractivity contribution is 5.89. The highest BCUT2D eigenvalue weighted by atomic mass is 16.6. The predicted octanol–water partition coefficient (Wildman–Crippen LogP) is 3.82. The van der Waals surface area contributed by atoms with E-state index in [9.17, 15) is 14.9 Å². The van der Waals surface area contributed by atoms with E-state index in [0.29, 0.717) is 5.56 Å². The molecule has 0 unspecified atom stereocenters. The molecule has 0 aromatic heterocycles. The van der Waals surface area contributed by atoms with E-state index in [2.05, 4.69) is 0 Å². The minimum atomic E-state index is -0.510. The summed E-state index contributed by atoms with van der Waals surface area (Å²) in [6, 6.07) is 13.1. The number of aryl methyl sites for hydroxylation is 1. The Morgan fingerprint density at radius 3 is 2.19 bits per heavy atom. The van der Waals surface area contributed by atoms with Gasteiger partial charge in [0.15, 0.2) is 0 Å². The van der Waals surface area contributed by atoms with Gasteiger partial charge in [-0.2, -0.15) is 0 Å². The van der Waals surface area contributed by atoms with E-state index in [0.717, 1.165) is 11.1 Å². The van der Waals surface area contributed by atoms with Crippen molar-refractivity contribution >= 4 is 11.7 Å². The van der Waals surface area contributed by atoms with Crippen LogP contribution in [-0.2, 0) is 4.74 Å². The van der Waals surface area contributed by atoms with E-state index in [4.69, 9.17) is 4.74 Å². The van der Waals surface area contributed by atoms with E-state index in [1.807, 2.05) is 31.2 Å². The number of carbonyl (C=O) groups excluding carboxylic acids is 1. The third-order valence-electron chi connectivity index (χ3n) is 3.14. The predicted molar refractivity (Wildman–Crippen MR) is 78.1 cm³/mol. The van der Waals surface area contributed by atoms with Crippen molar-refractivity contribution in [3.8, 4) is 0 Å². The van der Waals surface area contributed by atoms with Gasteiger partial charge in [-0.3, -0.25) is 10.1 Å². The van der Waals surface area contributed by atoms with Crippen LogP contribution in [0.25, 0.3) is 0 Å². The molecule has 1 atom stereocenters. The minimum Gasteiger partial charge on any atom is -0.454 e. The van der Waals surface area contributed by atoms with Gasteiger partial charge in [0.2, 0.25) is 0 Å². The summed E-state index contributed by atoms with van der Waals surface area (Å²) in [6.07, 6.45) is -0.381. The summed E-state index contributed by atoms with van der Waals surface area (Å²) in [6.45, 7) is 3.77. The van der Waals surface area contributed by atoms with Crippen molar-refractivity contribution in [2.75, 3.05) is 0 Å². The molecule has 0 aliphatic heterocycles. The molecule has 21 heavy (non-hydrogen) atoms. The maximum atomic E-state index is 12.0. The first-order chi connectivity index (χ1) is 9.97. The van der Waals surface area contributed by atoms with Gasteiger partial charge in [-0.25, -0.2) is 4.79 Å². The van der Waals surface area contributed by atoms with Crippen molar-refractivity contribution in [1.29, 1.82) is 0 Å². The maximum absolute atomic E-state index is 12.0. The molecular formula is C16H15NO4. The fraction of sp³-hybridized carbons (Fsp3) is 0.188. The van der Waals surface area contributed by atoms with Crippen LogP contribution < -0.4 is 0 Å². The molecule has 0 bridgehead atoms. The van der Waals surface area contributed by atoms with Crippen molar-refractivity contribution in [1.82, 2.24) is 0 Å². The van der Waals surface area contributed by atoms with E-state index in [1.54, 1.807) is 6.92 Å². The topological polar surface area (TPSA) is 69.4 Å². The number of nitrogens with zero attached hydrogens (tertiary/aromatic N) is 1. The summed E-state index contributed by atoms with van der Waals surface area (Å²) in [5.74, 6) is -0.502. The second-order valence-corrected chi connectivity index (χ2v) is 4.76. The molecule has 0 fully saturated rings. The molecule has 2 aromatic carbocycles. The van der Waals surface area contributed by atoms with Crippen molar-refractivity contribution in [3.05, 3.63) is 75.3 Å². The van der Waals surface area contributed by atoms with Gasteiger partial charge in [0.25, 0.3) is 5.69 Å². The van der Waals surface area contributed by atoms with Crippen LogP contribution in [-0.4, -0.2) is 10.9 Å². The largest absolute Gasteiger partial charge is 0.454 e. The first-order valence-corrected chi connectivity index (χ1v) is 6.49. The van der Waals surface area contributed by atoms with Crippen molar-refractivity contribution in [3.63, 3.8) is 0 Å². The lowest BCUT2D eigenvalue weighted by Crippen LogP contribution is -2.09. The number of nitro benzene ring substituents is 1. The quantitative estimate of drug-likeness (QED) is 0.486. The minimum absolute atomic E-state index is 0.0573. The number of ether oxygens (including phenoxy) is 1. The van der Waals surface area contributed by atoms with Gasteiger partial charge in [-0.1, -0.05) is 29.8 Å². The van der Waals surface area contributed by atoms with Crippen LogP contribution >= 0.6 is 0 Å². The molecule has 0 aliphatic rings. The smallest absolute Gasteiger partial charge is 0.338 e. The lowest BCUT2D eigenvalue weighted by molar-refractivity contribution is -0.384.